The second kappa shape index (κ2) is 8.84. The highest BCUT2D eigenvalue weighted by atomic mass is 32.2. The molecular formula is C17H22N2O5S. The number of carbonyl (C=O) groups excluding carboxylic acids is 2. The number of nitro groups is 1. The van der Waals surface area contributed by atoms with Crippen LogP contribution < -0.4 is 0 Å². The third kappa shape index (κ3) is 5.45. The topological polar surface area (TPSA) is 89.8 Å². The summed E-state index contributed by atoms with van der Waals surface area (Å²) in [5.74, 6) is -0.585. The molecule has 2 rings (SSSR count). The predicted molar refractivity (Wildman–Crippen MR) is 94.4 cm³/mol. The Bertz CT molecular complexity index is 624. The number of piperidine rings is 1. The van der Waals surface area contributed by atoms with Crippen LogP contribution >= 0.6 is 11.8 Å². The van der Waals surface area contributed by atoms with Crippen LogP contribution in [-0.2, 0) is 14.3 Å². The number of nitro benzene ring substituents is 1. The SMILES string of the molecule is CC1CCCC(C)N1C(=O)COC(=O)CSc1ccc([N+](=O)[O-])cc1. The highest BCUT2D eigenvalue weighted by Gasteiger charge is 2.29. The molecule has 0 spiro atoms. The minimum absolute atomic E-state index is 0.00212. The number of hydrogen-bond donors (Lipinski definition) is 0. The van der Waals surface area contributed by atoms with Crippen LogP contribution in [0.4, 0.5) is 5.69 Å². The number of nitrogens with zero attached hydrogens (tertiary/aromatic N) is 2. The van der Waals surface area contributed by atoms with E-state index in [1.165, 1.54) is 23.9 Å². The van der Waals surface area contributed by atoms with E-state index in [0.717, 1.165) is 24.2 Å². The van der Waals surface area contributed by atoms with Crippen molar-refractivity contribution in [3.63, 3.8) is 0 Å². The zero-order valence-electron chi connectivity index (χ0n) is 14.3. The lowest BCUT2D eigenvalue weighted by Crippen LogP contribution is -2.49. The zero-order chi connectivity index (χ0) is 18.4. The molecule has 0 saturated carbocycles. The minimum atomic E-state index is -0.478. The third-order valence-corrected chi connectivity index (χ3v) is 5.23. The third-order valence-electron chi connectivity index (χ3n) is 4.24. The number of rotatable bonds is 6. The van der Waals surface area contributed by atoms with E-state index in [0.29, 0.717) is 0 Å². The molecule has 2 atom stereocenters. The van der Waals surface area contributed by atoms with Gasteiger partial charge in [0.2, 0.25) is 0 Å². The molecular weight excluding hydrogens is 344 g/mol. The highest BCUT2D eigenvalue weighted by Crippen LogP contribution is 2.23. The molecule has 0 N–H and O–H groups in total. The number of non-ortho nitro benzene ring substituents is 1. The van der Waals surface area contributed by atoms with E-state index in [1.54, 1.807) is 17.0 Å². The van der Waals surface area contributed by atoms with Gasteiger partial charge in [-0.2, -0.15) is 0 Å². The summed E-state index contributed by atoms with van der Waals surface area (Å²) >= 11 is 1.22. The number of likely N-dealkylation sites (tertiary alicyclic amines) is 1. The van der Waals surface area contributed by atoms with Gasteiger partial charge < -0.3 is 9.64 Å². The van der Waals surface area contributed by atoms with E-state index in [4.69, 9.17) is 4.74 Å². The molecule has 0 bridgehead atoms. The number of thioether (sulfide) groups is 1. The highest BCUT2D eigenvalue weighted by molar-refractivity contribution is 8.00. The van der Waals surface area contributed by atoms with Gasteiger partial charge in [0.1, 0.15) is 0 Å². The fraction of sp³-hybridized carbons (Fsp3) is 0.529. The Morgan fingerprint density at radius 2 is 1.84 bits per heavy atom. The summed E-state index contributed by atoms with van der Waals surface area (Å²) in [5, 5.41) is 10.6. The Kier molecular flexibility index (Phi) is 6.81. The van der Waals surface area contributed by atoms with Crippen molar-refractivity contribution in [2.24, 2.45) is 0 Å². The lowest BCUT2D eigenvalue weighted by Gasteiger charge is -2.38. The molecule has 1 aromatic rings. The van der Waals surface area contributed by atoms with Crippen molar-refractivity contribution < 1.29 is 19.2 Å². The van der Waals surface area contributed by atoms with Crippen LogP contribution in [0.2, 0.25) is 0 Å². The fourth-order valence-corrected chi connectivity index (χ4v) is 3.67. The quantitative estimate of drug-likeness (QED) is 0.333. The fourth-order valence-electron chi connectivity index (χ4n) is 2.98. The molecule has 2 unspecified atom stereocenters. The van der Waals surface area contributed by atoms with Gasteiger partial charge in [-0.1, -0.05) is 0 Å². The van der Waals surface area contributed by atoms with Gasteiger partial charge in [0.25, 0.3) is 11.6 Å². The maximum absolute atomic E-state index is 12.3. The maximum atomic E-state index is 12.3. The van der Waals surface area contributed by atoms with Gasteiger partial charge in [-0.05, 0) is 45.2 Å². The Hall–Kier alpha value is -2.09. The van der Waals surface area contributed by atoms with Gasteiger partial charge in [0.05, 0.1) is 10.7 Å². The zero-order valence-corrected chi connectivity index (χ0v) is 15.2. The second-order valence-electron chi connectivity index (χ2n) is 6.13. The Morgan fingerprint density at radius 3 is 2.40 bits per heavy atom. The van der Waals surface area contributed by atoms with Crippen molar-refractivity contribution in [3.05, 3.63) is 34.4 Å². The summed E-state index contributed by atoms with van der Waals surface area (Å²) in [7, 11) is 0. The molecule has 1 aromatic carbocycles. The normalized spacial score (nSPS) is 20.2. The van der Waals surface area contributed by atoms with Crippen molar-refractivity contribution in [3.8, 4) is 0 Å². The van der Waals surface area contributed by atoms with Crippen LogP contribution in [0.15, 0.2) is 29.2 Å². The van der Waals surface area contributed by atoms with E-state index in [1.807, 2.05) is 13.8 Å². The molecule has 0 aliphatic carbocycles. The van der Waals surface area contributed by atoms with Gasteiger partial charge >= 0.3 is 5.97 Å². The molecule has 1 aliphatic heterocycles. The summed E-state index contributed by atoms with van der Waals surface area (Å²) in [6.07, 6.45) is 3.05. The molecule has 7 nitrogen and oxygen atoms in total. The van der Waals surface area contributed by atoms with Crippen LogP contribution in [-0.4, -0.2) is 46.1 Å². The number of amides is 1. The standard InChI is InChI=1S/C17H22N2O5S/c1-12-4-3-5-13(2)18(12)16(20)10-24-17(21)11-25-15-8-6-14(7-9-15)19(22)23/h6-9,12-13H,3-5,10-11H2,1-2H3. The van der Waals surface area contributed by atoms with Crippen molar-refractivity contribution in [2.75, 3.05) is 12.4 Å². The summed E-state index contributed by atoms with van der Waals surface area (Å²) in [6, 6.07) is 6.28. The molecule has 1 heterocycles. The van der Waals surface area contributed by atoms with Gasteiger partial charge in [-0.3, -0.25) is 19.7 Å². The second-order valence-corrected chi connectivity index (χ2v) is 7.18. The van der Waals surface area contributed by atoms with Gasteiger partial charge in [0.15, 0.2) is 6.61 Å². The maximum Gasteiger partial charge on any atom is 0.316 e. The molecule has 1 aliphatic rings. The van der Waals surface area contributed by atoms with Crippen molar-refractivity contribution in [1.82, 2.24) is 4.90 Å². The number of carbonyl (C=O) groups is 2. The average molecular weight is 366 g/mol. The average Bonchev–Trinajstić information content (AvgIpc) is 2.58. The lowest BCUT2D eigenvalue weighted by molar-refractivity contribution is -0.384. The van der Waals surface area contributed by atoms with E-state index >= 15 is 0 Å². The largest absolute Gasteiger partial charge is 0.455 e. The molecule has 1 saturated heterocycles. The monoisotopic (exact) mass is 366 g/mol. The summed E-state index contributed by atoms with van der Waals surface area (Å²) < 4.78 is 5.08. The molecule has 0 radical (unpaired) electrons. The predicted octanol–water partition coefficient (Wildman–Crippen LogP) is 3.02. The van der Waals surface area contributed by atoms with Crippen molar-refractivity contribution in [1.29, 1.82) is 0 Å². The first-order chi connectivity index (χ1) is 11.9. The smallest absolute Gasteiger partial charge is 0.316 e. The minimum Gasteiger partial charge on any atom is -0.455 e. The number of esters is 1. The first kappa shape index (κ1) is 19.2. The molecule has 136 valence electrons. The summed E-state index contributed by atoms with van der Waals surface area (Å²) in [5.41, 5.74) is 0.00212. The first-order valence-electron chi connectivity index (χ1n) is 8.22. The molecule has 25 heavy (non-hydrogen) atoms. The van der Waals surface area contributed by atoms with Crippen molar-refractivity contribution >= 4 is 29.3 Å². The van der Waals surface area contributed by atoms with Gasteiger partial charge in [-0.15, -0.1) is 11.8 Å². The Labute approximate surface area is 150 Å². The molecule has 8 heteroatoms. The number of ether oxygens (including phenoxy) is 1. The van der Waals surface area contributed by atoms with Gasteiger partial charge in [-0.25, -0.2) is 0 Å². The van der Waals surface area contributed by atoms with Crippen LogP contribution in [0.5, 0.6) is 0 Å². The van der Waals surface area contributed by atoms with E-state index in [9.17, 15) is 19.7 Å². The molecule has 1 fully saturated rings. The number of benzene rings is 1. The first-order valence-corrected chi connectivity index (χ1v) is 9.21. The molecule has 1 amide bonds. The van der Waals surface area contributed by atoms with E-state index in [-0.39, 0.29) is 36.0 Å². The number of hydrogen-bond acceptors (Lipinski definition) is 6. The van der Waals surface area contributed by atoms with Crippen LogP contribution in [0.25, 0.3) is 0 Å². The van der Waals surface area contributed by atoms with Crippen LogP contribution in [0, 0.1) is 10.1 Å². The van der Waals surface area contributed by atoms with E-state index in [2.05, 4.69) is 0 Å². The van der Waals surface area contributed by atoms with E-state index < -0.39 is 10.9 Å². The van der Waals surface area contributed by atoms with Crippen molar-refractivity contribution in [2.45, 2.75) is 50.1 Å². The summed E-state index contributed by atoms with van der Waals surface area (Å²) in [4.78, 5) is 36.7. The Balaban J connectivity index is 1.76. The Morgan fingerprint density at radius 1 is 1.24 bits per heavy atom. The summed E-state index contributed by atoms with van der Waals surface area (Å²) in [6.45, 7) is 3.79. The molecule has 0 aromatic heterocycles. The van der Waals surface area contributed by atoms with Gasteiger partial charge in [0, 0.05) is 29.1 Å². The van der Waals surface area contributed by atoms with Crippen LogP contribution in [0.3, 0.4) is 0 Å². The lowest BCUT2D eigenvalue weighted by atomic mass is 9.97. The van der Waals surface area contributed by atoms with Crippen LogP contribution in [0.1, 0.15) is 33.1 Å².